The summed E-state index contributed by atoms with van der Waals surface area (Å²) in [4.78, 5) is 0. The number of rotatable bonds is 6. The van der Waals surface area contributed by atoms with Gasteiger partial charge >= 0.3 is 24.1 Å². The van der Waals surface area contributed by atoms with Crippen LogP contribution in [0.2, 0.25) is 0 Å². The Morgan fingerprint density at radius 1 is 0.750 bits per heavy atom. The molecule has 0 rings (SSSR count). The molecule has 0 saturated carbocycles. The third kappa shape index (κ3) is 5.42. The minimum absolute atomic E-state index is 0.269. The number of alkyl halides is 9. The standard InChI is InChI=1S/C14H17F9O/c1-9(2)5-4-6-10(3)7-8-24-11(12(15,16)17,13(18,19)20)14(21,22)23/h5,7H,4,6,8H2,1-3H3/b10-7+. The van der Waals surface area contributed by atoms with Crippen molar-refractivity contribution in [1.82, 2.24) is 0 Å². The number of hydrogen-bond donors (Lipinski definition) is 0. The minimum Gasteiger partial charge on any atom is -0.347 e. The van der Waals surface area contributed by atoms with E-state index in [1.807, 2.05) is 0 Å². The van der Waals surface area contributed by atoms with Crippen molar-refractivity contribution in [3.05, 3.63) is 23.3 Å². The lowest BCUT2D eigenvalue weighted by Crippen LogP contribution is -2.67. The third-order valence-corrected chi connectivity index (χ3v) is 3.02. The Morgan fingerprint density at radius 3 is 1.50 bits per heavy atom. The highest BCUT2D eigenvalue weighted by Crippen LogP contribution is 2.54. The van der Waals surface area contributed by atoms with Crippen molar-refractivity contribution in [3.63, 3.8) is 0 Å². The highest BCUT2D eigenvalue weighted by molar-refractivity contribution is 5.05. The second-order valence-electron chi connectivity index (χ2n) is 5.36. The van der Waals surface area contributed by atoms with Gasteiger partial charge in [-0.15, -0.1) is 0 Å². The molecule has 0 unspecified atom stereocenters. The Kier molecular flexibility index (Phi) is 7.41. The van der Waals surface area contributed by atoms with Crippen LogP contribution in [0.15, 0.2) is 23.3 Å². The lowest BCUT2D eigenvalue weighted by atomic mass is 10.0. The van der Waals surface area contributed by atoms with Crippen LogP contribution in [0.25, 0.3) is 0 Å². The summed E-state index contributed by atoms with van der Waals surface area (Å²) in [5.74, 6) is 0. The first-order valence-corrected chi connectivity index (χ1v) is 6.69. The Morgan fingerprint density at radius 2 is 1.17 bits per heavy atom. The van der Waals surface area contributed by atoms with Gasteiger partial charge in [-0.3, -0.25) is 0 Å². The zero-order valence-electron chi connectivity index (χ0n) is 13.1. The predicted octanol–water partition coefficient (Wildman–Crippen LogP) is 6.12. The topological polar surface area (TPSA) is 9.23 Å². The van der Waals surface area contributed by atoms with E-state index in [2.05, 4.69) is 4.74 Å². The van der Waals surface area contributed by atoms with Crippen molar-refractivity contribution in [2.75, 3.05) is 6.61 Å². The molecule has 10 heteroatoms. The van der Waals surface area contributed by atoms with E-state index < -0.39 is 30.7 Å². The van der Waals surface area contributed by atoms with E-state index in [0.717, 1.165) is 11.6 Å². The molecule has 0 aromatic carbocycles. The second-order valence-corrected chi connectivity index (χ2v) is 5.36. The molecular formula is C14H17F9O. The first kappa shape index (κ1) is 22.8. The average molecular weight is 372 g/mol. The van der Waals surface area contributed by atoms with Crippen molar-refractivity contribution >= 4 is 0 Å². The molecule has 0 bridgehead atoms. The van der Waals surface area contributed by atoms with E-state index in [0.29, 0.717) is 12.0 Å². The van der Waals surface area contributed by atoms with Crippen molar-refractivity contribution in [1.29, 1.82) is 0 Å². The van der Waals surface area contributed by atoms with Gasteiger partial charge in [0.05, 0.1) is 6.61 Å². The van der Waals surface area contributed by atoms with Crippen LogP contribution in [-0.2, 0) is 4.74 Å². The van der Waals surface area contributed by atoms with Crippen LogP contribution in [0.3, 0.4) is 0 Å². The minimum atomic E-state index is -6.70. The molecule has 0 heterocycles. The van der Waals surface area contributed by atoms with E-state index in [-0.39, 0.29) is 6.42 Å². The molecule has 0 amide bonds. The van der Waals surface area contributed by atoms with Gasteiger partial charge in [0, 0.05) is 0 Å². The molecule has 0 radical (unpaired) electrons. The van der Waals surface area contributed by atoms with Gasteiger partial charge in [0.25, 0.3) is 0 Å². The van der Waals surface area contributed by atoms with Gasteiger partial charge in [0.2, 0.25) is 0 Å². The molecular weight excluding hydrogens is 355 g/mol. The molecule has 0 fully saturated rings. The monoisotopic (exact) mass is 372 g/mol. The summed E-state index contributed by atoms with van der Waals surface area (Å²) >= 11 is 0. The molecule has 0 aliphatic heterocycles. The number of allylic oxidation sites excluding steroid dienone is 3. The molecule has 0 aliphatic carbocycles. The van der Waals surface area contributed by atoms with Crippen molar-refractivity contribution in [2.24, 2.45) is 0 Å². The molecule has 0 N–H and O–H groups in total. The molecule has 0 atom stereocenters. The fraction of sp³-hybridized carbons (Fsp3) is 0.714. The molecule has 0 saturated heterocycles. The van der Waals surface area contributed by atoms with Crippen molar-refractivity contribution < 1.29 is 44.3 Å². The van der Waals surface area contributed by atoms with Gasteiger partial charge in [-0.25, -0.2) is 0 Å². The Balaban J connectivity index is 5.36. The quantitative estimate of drug-likeness (QED) is 0.403. The SMILES string of the molecule is CC(C)=CCC/C(C)=C/COC(C(F)(F)F)(C(F)(F)F)C(F)(F)F. The summed E-state index contributed by atoms with van der Waals surface area (Å²) in [5.41, 5.74) is -4.96. The van der Waals surface area contributed by atoms with Crippen LogP contribution in [0.5, 0.6) is 0 Å². The number of halogens is 9. The normalized spacial score (nSPS) is 14.8. The summed E-state index contributed by atoms with van der Waals surface area (Å²) in [6.45, 7) is 3.47. The van der Waals surface area contributed by atoms with Crippen LogP contribution in [0.1, 0.15) is 33.6 Å². The van der Waals surface area contributed by atoms with Crippen LogP contribution < -0.4 is 0 Å². The average Bonchev–Trinajstić information content (AvgIpc) is 2.28. The Labute approximate surface area is 133 Å². The lowest BCUT2D eigenvalue weighted by molar-refractivity contribution is -0.455. The predicted molar refractivity (Wildman–Crippen MR) is 69.3 cm³/mol. The van der Waals surface area contributed by atoms with Crippen LogP contribution in [-0.4, -0.2) is 30.7 Å². The fourth-order valence-corrected chi connectivity index (χ4v) is 1.73. The molecule has 0 aromatic rings. The summed E-state index contributed by atoms with van der Waals surface area (Å²) in [7, 11) is 0. The van der Waals surface area contributed by atoms with Crippen molar-refractivity contribution in [3.8, 4) is 0 Å². The highest BCUT2D eigenvalue weighted by atomic mass is 19.4. The van der Waals surface area contributed by atoms with Crippen molar-refractivity contribution in [2.45, 2.75) is 57.7 Å². The summed E-state index contributed by atoms with van der Waals surface area (Å²) in [5, 5.41) is 0. The first-order valence-electron chi connectivity index (χ1n) is 6.69. The maximum absolute atomic E-state index is 12.6. The molecule has 0 spiro atoms. The largest absolute Gasteiger partial charge is 0.435 e. The Bertz CT molecular complexity index is 426. The van der Waals surface area contributed by atoms with Gasteiger partial charge in [-0.05, 0) is 33.6 Å². The van der Waals surface area contributed by atoms with E-state index in [1.165, 1.54) is 6.92 Å². The summed E-state index contributed by atoms with van der Waals surface area (Å²) in [6, 6.07) is 0. The van der Waals surface area contributed by atoms with Gasteiger partial charge in [-0.1, -0.05) is 23.3 Å². The van der Waals surface area contributed by atoms with Crippen LogP contribution in [0, 0.1) is 0 Å². The smallest absolute Gasteiger partial charge is 0.347 e. The maximum atomic E-state index is 12.6. The second kappa shape index (κ2) is 7.79. The summed E-state index contributed by atoms with van der Waals surface area (Å²) in [6.07, 6.45) is -16.8. The number of hydrogen-bond acceptors (Lipinski definition) is 1. The van der Waals surface area contributed by atoms with Crippen LogP contribution >= 0.6 is 0 Å². The van der Waals surface area contributed by atoms with Gasteiger partial charge < -0.3 is 4.74 Å². The van der Waals surface area contributed by atoms with Gasteiger partial charge in [-0.2, -0.15) is 39.5 Å². The molecule has 0 aromatic heterocycles. The Hall–Kier alpha value is -1.19. The zero-order valence-corrected chi connectivity index (χ0v) is 13.1. The third-order valence-electron chi connectivity index (χ3n) is 3.02. The van der Waals surface area contributed by atoms with E-state index in [1.54, 1.807) is 19.9 Å². The number of ether oxygens (including phenoxy) is 1. The zero-order chi connectivity index (χ0) is 19.4. The summed E-state index contributed by atoms with van der Waals surface area (Å²) < 4.78 is 117. The molecule has 142 valence electrons. The van der Waals surface area contributed by atoms with E-state index in [9.17, 15) is 39.5 Å². The fourth-order valence-electron chi connectivity index (χ4n) is 1.73. The van der Waals surface area contributed by atoms with Gasteiger partial charge in [0.1, 0.15) is 0 Å². The van der Waals surface area contributed by atoms with E-state index >= 15 is 0 Å². The first-order chi connectivity index (χ1) is 10.6. The van der Waals surface area contributed by atoms with E-state index in [4.69, 9.17) is 0 Å². The lowest BCUT2D eigenvalue weighted by Gasteiger charge is -2.37. The highest BCUT2D eigenvalue weighted by Gasteiger charge is 2.85. The maximum Gasteiger partial charge on any atom is 0.435 e. The van der Waals surface area contributed by atoms with Crippen LogP contribution in [0.4, 0.5) is 39.5 Å². The van der Waals surface area contributed by atoms with Gasteiger partial charge in [0.15, 0.2) is 0 Å². The molecule has 0 aliphatic rings. The molecule has 1 nitrogen and oxygen atoms in total. The molecule has 24 heavy (non-hydrogen) atoms.